The maximum Gasteiger partial charge on any atom is 0.244 e. The lowest BCUT2D eigenvalue weighted by Gasteiger charge is -2.12. The summed E-state index contributed by atoms with van der Waals surface area (Å²) < 4.78 is 1.97. The van der Waals surface area contributed by atoms with Crippen LogP contribution < -0.4 is 5.32 Å². The molecule has 0 spiro atoms. The molecule has 0 radical (unpaired) electrons. The molecule has 1 amide bonds. The Morgan fingerprint density at radius 3 is 2.62 bits per heavy atom. The average molecular weight is 404 g/mol. The number of halogens is 1. The number of aromatic nitrogens is 2. The quantitative estimate of drug-likeness (QED) is 0.475. The van der Waals surface area contributed by atoms with Gasteiger partial charge in [-0.25, -0.2) is 4.98 Å². The minimum atomic E-state index is -0.0812. The normalized spacial score (nSPS) is 11.0. The van der Waals surface area contributed by atoms with Crippen LogP contribution in [-0.2, 0) is 17.8 Å². The number of imidazole rings is 1. The van der Waals surface area contributed by atoms with Crippen molar-refractivity contribution < 1.29 is 4.79 Å². The van der Waals surface area contributed by atoms with Gasteiger partial charge < -0.3 is 9.88 Å². The summed E-state index contributed by atoms with van der Waals surface area (Å²) in [4.78, 5) is 17.6. The molecule has 4 rings (SSSR count). The molecule has 29 heavy (non-hydrogen) atoms. The molecule has 0 unspecified atom stereocenters. The number of hydrogen-bond donors (Lipinski definition) is 1. The van der Waals surface area contributed by atoms with E-state index >= 15 is 0 Å². The number of benzene rings is 3. The maximum atomic E-state index is 12.9. The molecule has 0 saturated heterocycles. The Morgan fingerprint density at radius 2 is 1.79 bits per heavy atom. The number of para-hydroxylation sites is 2. The summed E-state index contributed by atoms with van der Waals surface area (Å²) >= 11 is 6.35. The Bertz CT molecular complexity index is 1200. The molecule has 0 aliphatic carbocycles. The summed E-state index contributed by atoms with van der Waals surface area (Å²) in [5.74, 6) is 0.734. The molecule has 3 aromatic carbocycles. The number of rotatable bonds is 5. The van der Waals surface area contributed by atoms with Crippen LogP contribution in [0.3, 0.4) is 0 Å². The maximum absolute atomic E-state index is 12.9. The predicted octanol–water partition coefficient (Wildman–Crippen LogP) is 5.54. The third kappa shape index (κ3) is 4.17. The standard InChI is InChI=1S/C24H22ClN3O/c1-16-11-12-17(2)21(13-16)27-24(29)15-28-22-10-6-5-9-20(22)26-23(28)14-18-7-3-4-8-19(18)25/h3-13H,14-15H2,1-2H3,(H,27,29). The fourth-order valence-corrected chi connectivity index (χ4v) is 3.66. The van der Waals surface area contributed by atoms with Gasteiger partial charge >= 0.3 is 0 Å². The van der Waals surface area contributed by atoms with Gasteiger partial charge in [-0.05, 0) is 54.8 Å². The van der Waals surface area contributed by atoms with Crippen molar-refractivity contribution in [3.05, 3.63) is 94.3 Å². The molecule has 0 aliphatic heterocycles. The van der Waals surface area contributed by atoms with E-state index in [0.29, 0.717) is 11.4 Å². The van der Waals surface area contributed by atoms with Gasteiger partial charge in [-0.2, -0.15) is 0 Å². The van der Waals surface area contributed by atoms with Crippen LogP contribution in [0.4, 0.5) is 5.69 Å². The largest absolute Gasteiger partial charge is 0.324 e. The van der Waals surface area contributed by atoms with Crippen LogP contribution in [0.15, 0.2) is 66.7 Å². The number of hydrogen-bond acceptors (Lipinski definition) is 2. The van der Waals surface area contributed by atoms with Crippen LogP contribution in [0, 0.1) is 13.8 Å². The molecule has 0 bridgehead atoms. The number of carbonyl (C=O) groups is 1. The van der Waals surface area contributed by atoms with Crippen molar-refractivity contribution in [2.75, 3.05) is 5.32 Å². The SMILES string of the molecule is Cc1ccc(C)c(NC(=O)Cn2c(Cc3ccccc3Cl)nc3ccccc32)c1. The van der Waals surface area contributed by atoms with E-state index in [9.17, 15) is 4.79 Å². The second kappa shape index (κ2) is 8.10. The molecule has 0 aliphatic rings. The van der Waals surface area contributed by atoms with Crippen molar-refractivity contribution >= 4 is 34.2 Å². The van der Waals surface area contributed by atoms with E-state index < -0.39 is 0 Å². The Hall–Kier alpha value is -3.11. The Balaban J connectivity index is 1.66. The van der Waals surface area contributed by atoms with Crippen LogP contribution >= 0.6 is 11.6 Å². The van der Waals surface area contributed by atoms with E-state index in [1.165, 1.54) is 0 Å². The molecule has 1 N–H and O–H groups in total. The Morgan fingerprint density at radius 1 is 1.03 bits per heavy atom. The third-order valence-electron chi connectivity index (χ3n) is 5.01. The van der Waals surface area contributed by atoms with Gasteiger partial charge in [0.05, 0.1) is 11.0 Å². The van der Waals surface area contributed by atoms with Crippen LogP contribution in [0.5, 0.6) is 0 Å². The fraction of sp³-hybridized carbons (Fsp3) is 0.167. The van der Waals surface area contributed by atoms with E-state index in [2.05, 4.69) is 5.32 Å². The number of fused-ring (bicyclic) bond motifs is 1. The molecular weight excluding hydrogens is 382 g/mol. The highest BCUT2D eigenvalue weighted by Crippen LogP contribution is 2.23. The zero-order valence-electron chi connectivity index (χ0n) is 16.4. The zero-order valence-corrected chi connectivity index (χ0v) is 17.2. The van der Waals surface area contributed by atoms with E-state index in [1.807, 2.05) is 85.1 Å². The Labute approximate surface area is 175 Å². The summed E-state index contributed by atoms with van der Waals surface area (Å²) in [6.07, 6.45) is 0.561. The molecule has 0 fully saturated rings. The molecular formula is C24H22ClN3O. The van der Waals surface area contributed by atoms with Crippen molar-refractivity contribution in [1.82, 2.24) is 9.55 Å². The number of anilines is 1. The molecule has 5 heteroatoms. The molecule has 0 saturated carbocycles. The number of nitrogens with zero attached hydrogens (tertiary/aromatic N) is 2. The summed E-state index contributed by atoms with van der Waals surface area (Å²) in [7, 11) is 0. The van der Waals surface area contributed by atoms with E-state index in [1.54, 1.807) is 0 Å². The van der Waals surface area contributed by atoms with Gasteiger partial charge in [-0.15, -0.1) is 0 Å². The second-order valence-electron chi connectivity index (χ2n) is 7.24. The van der Waals surface area contributed by atoms with Gasteiger partial charge in [-0.3, -0.25) is 4.79 Å². The molecule has 4 nitrogen and oxygen atoms in total. The second-order valence-corrected chi connectivity index (χ2v) is 7.64. The predicted molar refractivity (Wildman–Crippen MR) is 119 cm³/mol. The first-order valence-corrected chi connectivity index (χ1v) is 9.94. The van der Waals surface area contributed by atoms with E-state index in [4.69, 9.17) is 16.6 Å². The zero-order chi connectivity index (χ0) is 20.4. The van der Waals surface area contributed by atoms with Gasteiger partial charge in [0.25, 0.3) is 0 Å². The van der Waals surface area contributed by atoms with E-state index in [0.717, 1.165) is 39.2 Å². The van der Waals surface area contributed by atoms with Crippen LogP contribution in [0.25, 0.3) is 11.0 Å². The topological polar surface area (TPSA) is 46.9 Å². The summed E-state index contributed by atoms with van der Waals surface area (Å²) in [6, 6.07) is 21.6. The highest BCUT2D eigenvalue weighted by atomic mass is 35.5. The van der Waals surface area contributed by atoms with Crippen LogP contribution in [0.1, 0.15) is 22.5 Å². The van der Waals surface area contributed by atoms with E-state index in [-0.39, 0.29) is 12.5 Å². The van der Waals surface area contributed by atoms with Gasteiger partial charge in [0.1, 0.15) is 12.4 Å². The van der Waals surface area contributed by atoms with Crippen LogP contribution in [-0.4, -0.2) is 15.5 Å². The number of nitrogens with one attached hydrogen (secondary N) is 1. The van der Waals surface area contributed by atoms with Gasteiger partial charge in [0.15, 0.2) is 0 Å². The van der Waals surface area contributed by atoms with Crippen molar-refractivity contribution in [3.63, 3.8) is 0 Å². The summed E-state index contributed by atoms with van der Waals surface area (Å²) in [5.41, 5.74) is 5.78. The first-order chi connectivity index (χ1) is 14.0. The minimum Gasteiger partial charge on any atom is -0.324 e. The van der Waals surface area contributed by atoms with Crippen LogP contribution in [0.2, 0.25) is 5.02 Å². The number of amides is 1. The number of carbonyl (C=O) groups excluding carboxylic acids is 1. The lowest BCUT2D eigenvalue weighted by molar-refractivity contribution is -0.116. The molecule has 146 valence electrons. The smallest absolute Gasteiger partial charge is 0.244 e. The van der Waals surface area contributed by atoms with Crippen molar-refractivity contribution in [3.8, 4) is 0 Å². The molecule has 1 aromatic heterocycles. The lowest BCUT2D eigenvalue weighted by Crippen LogP contribution is -2.21. The third-order valence-corrected chi connectivity index (χ3v) is 5.38. The first kappa shape index (κ1) is 19.2. The molecule has 0 atom stereocenters. The summed E-state index contributed by atoms with van der Waals surface area (Å²) in [5, 5.41) is 3.74. The van der Waals surface area contributed by atoms with Gasteiger partial charge in [-0.1, -0.05) is 54.1 Å². The monoisotopic (exact) mass is 403 g/mol. The molecule has 1 heterocycles. The van der Waals surface area contributed by atoms with Crippen molar-refractivity contribution in [1.29, 1.82) is 0 Å². The van der Waals surface area contributed by atoms with Crippen molar-refractivity contribution in [2.24, 2.45) is 0 Å². The highest BCUT2D eigenvalue weighted by Gasteiger charge is 2.15. The number of aryl methyl sites for hydroxylation is 2. The minimum absolute atomic E-state index is 0.0812. The summed E-state index contributed by atoms with van der Waals surface area (Å²) in [6.45, 7) is 4.19. The fourth-order valence-electron chi connectivity index (χ4n) is 3.45. The lowest BCUT2D eigenvalue weighted by atomic mass is 10.1. The first-order valence-electron chi connectivity index (χ1n) is 9.56. The Kier molecular flexibility index (Phi) is 5.36. The van der Waals surface area contributed by atoms with Crippen molar-refractivity contribution in [2.45, 2.75) is 26.8 Å². The highest BCUT2D eigenvalue weighted by molar-refractivity contribution is 6.31. The van der Waals surface area contributed by atoms with Gasteiger partial charge in [0.2, 0.25) is 5.91 Å². The molecule has 4 aromatic rings. The van der Waals surface area contributed by atoms with Gasteiger partial charge in [0, 0.05) is 17.1 Å². The average Bonchev–Trinajstić information content (AvgIpc) is 3.04.